The van der Waals surface area contributed by atoms with E-state index in [1.54, 1.807) is 13.0 Å². The Hall–Kier alpha value is -0.820. The fourth-order valence-electron chi connectivity index (χ4n) is 1.91. The predicted molar refractivity (Wildman–Crippen MR) is 62.6 cm³/mol. The number of hydrogen-bond donors (Lipinski definition) is 0. The molecule has 2 rings (SSSR count). The Kier molecular flexibility index (Phi) is 3.11. The molecule has 1 aliphatic carbocycles. The molecule has 0 spiro atoms. The summed E-state index contributed by atoms with van der Waals surface area (Å²) in [7, 11) is 0. The lowest BCUT2D eigenvalue weighted by Crippen LogP contribution is -2.03. The van der Waals surface area contributed by atoms with E-state index >= 15 is 0 Å². The molecule has 0 saturated heterocycles. The maximum atomic E-state index is 13.4. The monoisotopic (exact) mass is 224 g/mol. The number of hydrogen-bond acceptors (Lipinski definition) is 0. The zero-order valence-electron chi connectivity index (χ0n) is 8.76. The number of benzene rings is 1. The third-order valence-electron chi connectivity index (χ3n) is 2.85. The number of halogens is 2. The largest absolute Gasteiger partial charge is 0.207 e. The van der Waals surface area contributed by atoms with Crippen molar-refractivity contribution in [2.24, 2.45) is 0 Å². The molecule has 2 heteroatoms. The maximum absolute atomic E-state index is 13.4. The first-order valence-corrected chi connectivity index (χ1v) is 5.72. The van der Waals surface area contributed by atoms with Crippen LogP contribution in [0.15, 0.2) is 24.3 Å². The lowest BCUT2D eigenvalue weighted by Gasteiger charge is -2.16. The average Bonchev–Trinajstić information content (AvgIpc) is 2.22. The van der Waals surface area contributed by atoms with Gasteiger partial charge in [-0.15, -0.1) is 11.6 Å². The summed E-state index contributed by atoms with van der Waals surface area (Å²) < 4.78 is 13.4. The highest BCUT2D eigenvalue weighted by Gasteiger charge is 2.13. The van der Waals surface area contributed by atoms with Crippen LogP contribution in [0.4, 0.5) is 4.39 Å². The van der Waals surface area contributed by atoms with Gasteiger partial charge in [0.15, 0.2) is 0 Å². The van der Waals surface area contributed by atoms with Crippen molar-refractivity contribution < 1.29 is 4.39 Å². The molecular formula is C13H14ClF. The molecule has 0 aliphatic heterocycles. The van der Waals surface area contributed by atoms with Crippen LogP contribution in [0.2, 0.25) is 0 Å². The first kappa shape index (κ1) is 10.7. The summed E-state index contributed by atoms with van der Waals surface area (Å²) in [4.78, 5) is 0. The van der Waals surface area contributed by atoms with Crippen molar-refractivity contribution in [2.45, 2.75) is 31.6 Å². The third-order valence-corrected chi connectivity index (χ3v) is 3.19. The third kappa shape index (κ3) is 2.40. The lowest BCUT2D eigenvalue weighted by molar-refractivity contribution is 0.617. The van der Waals surface area contributed by atoms with E-state index in [4.69, 9.17) is 11.6 Å². The van der Waals surface area contributed by atoms with Gasteiger partial charge in [-0.05, 0) is 49.0 Å². The number of rotatable bonds is 1. The summed E-state index contributed by atoms with van der Waals surface area (Å²) in [6.45, 7) is 1.78. The molecule has 0 fully saturated rings. The van der Waals surface area contributed by atoms with E-state index in [9.17, 15) is 4.39 Å². The summed E-state index contributed by atoms with van der Waals surface area (Å²) in [5, 5.41) is 0.109. The quantitative estimate of drug-likeness (QED) is 0.624. The van der Waals surface area contributed by atoms with Crippen LogP contribution in [-0.4, -0.2) is 5.38 Å². The van der Waals surface area contributed by atoms with Crippen LogP contribution in [0.1, 0.15) is 30.4 Å². The van der Waals surface area contributed by atoms with E-state index in [0.717, 1.165) is 24.8 Å². The van der Waals surface area contributed by atoms with Gasteiger partial charge in [0.25, 0.3) is 0 Å². The van der Waals surface area contributed by atoms with Crippen molar-refractivity contribution in [3.05, 3.63) is 41.2 Å². The highest BCUT2D eigenvalue weighted by molar-refractivity contribution is 6.22. The molecule has 0 heterocycles. The van der Waals surface area contributed by atoms with Gasteiger partial charge in [-0.3, -0.25) is 0 Å². The molecule has 1 unspecified atom stereocenters. The Labute approximate surface area is 94.8 Å². The summed E-state index contributed by atoms with van der Waals surface area (Å²) in [5.74, 6) is -0.134. The molecule has 0 radical (unpaired) electrons. The van der Waals surface area contributed by atoms with Crippen LogP contribution in [0.5, 0.6) is 0 Å². The molecule has 0 saturated carbocycles. The fourth-order valence-corrected chi connectivity index (χ4v) is 2.21. The zero-order chi connectivity index (χ0) is 10.8. The van der Waals surface area contributed by atoms with E-state index < -0.39 is 0 Å². The maximum Gasteiger partial charge on any atom is 0.126 e. The second-order valence-corrected chi connectivity index (χ2v) is 4.62. The van der Waals surface area contributed by atoms with E-state index in [0.29, 0.717) is 5.56 Å². The van der Waals surface area contributed by atoms with Crippen LogP contribution >= 0.6 is 11.6 Å². The molecule has 1 aromatic carbocycles. The zero-order valence-corrected chi connectivity index (χ0v) is 9.52. The molecule has 1 aliphatic rings. The average molecular weight is 225 g/mol. The predicted octanol–water partition coefficient (Wildman–Crippen LogP) is 4.31. The van der Waals surface area contributed by atoms with Crippen molar-refractivity contribution in [3.8, 4) is 0 Å². The molecule has 0 N–H and O–H groups in total. The van der Waals surface area contributed by atoms with Gasteiger partial charge in [0.2, 0.25) is 0 Å². The molecule has 0 bridgehead atoms. The van der Waals surface area contributed by atoms with E-state index in [1.807, 2.05) is 12.1 Å². The Morgan fingerprint density at radius 2 is 2.20 bits per heavy atom. The lowest BCUT2D eigenvalue weighted by atomic mass is 9.93. The van der Waals surface area contributed by atoms with Crippen LogP contribution < -0.4 is 0 Å². The van der Waals surface area contributed by atoms with Gasteiger partial charge in [-0.25, -0.2) is 4.39 Å². The number of aryl methyl sites for hydroxylation is 1. The first-order chi connectivity index (χ1) is 7.16. The SMILES string of the molecule is Cc1ccc(C2=CC(Cl)CCC2)cc1F. The van der Waals surface area contributed by atoms with Crippen molar-refractivity contribution in [1.29, 1.82) is 0 Å². The second-order valence-electron chi connectivity index (χ2n) is 4.06. The van der Waals surface area contributed by atoms with Gasteiger partial charge in [0.05, 0.1) is 5.38 Å². The van der Waals surface area contributed by atoms with Gasteiger partial charge < -0.3 is 0 Å². The van der Waals surface area contributed by atoms with Crippen LogP contribution in [0.25, 0.3) is 5.57 Å². The summed E-state index contributed by atoms with van der Waals surface area (Å²) in [6, 6.07) is 5.40. The summed E-state index contributed by atoms with van der Waals surface area (Å²) in [6.07, 6.45) is 5.18. The van der Waals surface area contributed by atoms with Gasteiger partial charge in [-0.1, -0.05) is 18.2 Å². The summed E-state index contributed by atoms with van der Waals surface area (Å²) >= 11 is 6.06. The number of alkyl halides is 1. The van der Waals surface area contributed by atoms with Gasteiger partial charge in [-0.2, -0.15) is 0 Å². The standard InChI is InChI=1S/C13H14ClF/c1-9-5-6-11(8-13(9)15)10-3-2-4-12(14)7-10/h5-8,12H,2-4H2,1H3. The van der Waals surface area contributed by atoms with E-state index in [1.165, 1.54) is 5.57 Å². The molecule has 0 amide bonds. The summed E-state index contributed by atoms with van der Waals surface area (Å²) in [5.41, 5.74) is 2.85. The Balaban J connectivity index is 2.33. The highest BCUT2D eigenvalue weighted by atomic mass is 35.5. The Bertz CT molecular complexity index is 396. The number of allylic oxidation sites excluding steroid dienone is 2. The Morgan fingerprint density at radius 3 is 2.87 bits per heavy atom. The van der Waals surface area contributed by atoms with Gasteiger partial charge >= 0.3 is 0 Å². The van der Waals surface area contributed by atoms with Crippen molar-refractivity contribution in [1.82, 2.24) is 0 Å². The van der Waals surface area contributed by atoms with Gasteiger partial charge in [0, 0.05) is 0 Å². The topological polar surface area (TPSA) is 0 Å². The van der Waals surface area contributed by atoms with Crippen molar-refractivity contribution in [2.75, 3.05) is 0 Å². The highest BCUT2D eigenvalue weighted by Crippen LogP contribution is 2.29. The van der Waals surface area contributed by atoms with Crippen LogP contribution in [-0.2, 0) is 0 Å². The van der Waals surface area contributed by atoms with Crippen LogP contribution in [0, 0.1) is 12.7 Å². The molecule has 15 heavy (non-hydrogen) atoms. The molecule has 1 atom stereocenters. The minimum absolute atomic E-state index is 0.109. The first-order valence-electron chi connectivity index (χ1n) is 5.28. The van der Waals surface area contributed by atoms with Gasteiger partial charge in [0.1, 0.15) is 5.82 Å². The normalized spacial score (nSPS) is 21.3. The minimum atomic E-state index is -0.134. The van der Waals surface area contributed by atoms with E-state index in [-0.39, 0.29) is 11.2 Å². The Morgan fingerprint density at radius 1 is 1.40 bits per heavy atom. The molecule has 0 nitrogen and oxygen atoms in total. The smallest absolute Gasteiger partial charge is 0.126 e. The minimum Gasteiger partial charge on any atom is -0.207 e. The molecular weight excluding hydrogens is 211 g/mol. The van der Waals surface area contributed by atoms with Crippen LogP contribution in [0.3, 0.4) is 0 Å². The van der Waals surface area contributed by atoms with Crippen molar-refractivity contribution in [3.63, 3.8) is 0 Å². The molecule has 80 valence electrons. The second kappa shape index (κ2) is 4.36. The fraction of sp³-hybridized carbons (Fsp3) is 0.385. The molecule has 1 aromatic rings. The van der Waals surface area contributed by atoms with Crippen molar-refractivity contribution >= 4 is 17.2 Å². The molecule has 0 aromatic heterocycles. The van der Waals surface area contributed by atoms with E-state index in [2.05, 4.69) is 6.08 Å².